The highest BCUT2D eigenvalue weighted by molar-refractivity contribution is 5.24. The Morgan fingerprint density at radius 1 is 1.19 bits per heavy atom. The highest BCUT2D eigenvalue weighted by Gasteiger charge is 2.43. The molecule has 3 aliphatic rings. The van der Waals surface area contributed by atoms with Crippen LogP contribution in [0.3, 0.4) is 0 Å². The third-order valence-corrected chi connectivity index (χ3v) is 7.61. The first-order chi connectivity index (χ1) is 15.6. The molecule has 0 amide bonds. The second-order valence-corrected chi connectivity index (χ2v) is 10.1. The largest absolute Gasteiger partial charge is 0.392 e. The SMILES string of the molecule is Cc1cccc(C[C@H](O)C=C[C@@H]2[C@H]3CC(CCCCCN4CCOCC4)=C[C@H]3C[C@H]2O)c1. The van der Waals surface area contributed by atoms with Crippen molar-refractivity contribution < 1.29 is 14.9 Å². The fourth-order valence-corrected chi connectivity index (χ4v) is 5.88. The molecular formula is C28H41NO3. The zero-order valence-corrected chi connectivity index (χ0v) is 19.7. The van der Waals surface area contributed by atoms with E-state index in [0.717, 1.165) is 44.7 Å². The van der Waals surface area contributed by atoms with Crippen LogP contribution in [-0.4, -0.2) is 60.2 Å². The predicted molar refractivity (Wildman–Crippen MR) is 130 cm³/mol. The van der Waals surface area contributed by atoms with Gasteiger partial charge in [-0.05, 0) is 63.0 Å². The number of ether oxygens (including phenoxy) is 1. The highest BCUT2D eigenvalue weighted by Crippen LogP contribution is 2.48. The molecule has 4 nitrogen and oxygen atoms in total. The van der Waals surface area contributed by atoms with E-state index in [2.05, 4.69) is 42.2 Å². The summed E-state index contributed by atoms with van der Waals surface area (Å²) in [6.07, 6.45) is 13.4. The molecule has 2 aliphatic carbocycles. The molecule has 1 saturated heterocycles. The van der Waals surface area contributed by atoms with Crippen LogP contribution in [0, 0.1) is 24.7 Å². The molecule has 0 radical (unpaired) electrons. The second-order valence-electron chi connectivity index (χ2n) is 10.1. The van der Waals surface area contributed by atoms with Crippen LogP contribution in [0.15, 0.2) is 48.1 Å². The van der Waals surface area contributed by atoms with E-state index in [1.807, 2.05) is 12.1 Å². The summed E-state index contributed by atoms with van der Waals surface area (Å²) in [4.78, 5) is 2.52. The zero-order valence-electron chi connectivity index (χ0n) is 19.7. The average Bonchev–Trinajstić information content (AvgIpc) is 3.29. The maximum Gasteiger partial charge on any atom is 0.0761 e. The molecule has 1 aromatic carbocycles. The normalized spacial score (nSPS) is 29.4. The number of rotatable bonds is 10. The molecule has 0 spiro atoms. The molecule has 5 atom stereocenters. The lowest BCUT2D eigenvalue weighted by Crippen LogP contribution is -2.36. The van der Waals surface area contributed by atoms with Crippen LogP contribution in [0.2, 0.25) is 0 Å². The molecule has 1 saturated carbocycles. The Morgan fingerprint density at radius 2 is 2.03 bits per heavy atom. The average molecular weight is 440 g/mol. The summed E-state index contributed by atoms with van der Waals surface area (Å²) in [6.45, 7) is 7.24. The van der Waals surface area contributed by atoms with Crippen LogP contribution >= 0.6 is 0 Å². The summed E-state index contributed by atoms with van der Waals surface area (Å²) in [5.41, 5.74) is 3.97. The van der Waals surface area contributed by atoms with E-state index in [1.165, 1.54) is 37.8 Å². The standard InChI is InChI=1S/C28H41NO3/c1-21-6-5-8-22(16-21)18-25(30)9-10-26-27-19-23(17-24(27)20-28(26)31)7-3-2-4-11-29-12-14-32-15-13-29/h5-6,8-10,16-17,24-28,30-31H,2-4,7,11-15,18-20H2,1H3/t24-,25+,26+,27-,28+/m0/s1. The number of aliphatic hydroxyl groups excluding tert-OH is 2. The van der Waals surface area contributed by atoms with Crippen LogP contribution in [0.25, 0.3) is 0 Å². The van der Waals surface area contributed by atoms with Crippen molar-refractivity contribution in [3.63, 3.8) is 0 Å². The van der Waals surface area contributed by atoms with Gasteiger partial charge in [-0.3, -0.25) is 4.90 Å². The minimum atomic E-state index is -0.497. The van der Waals surface area contributed by atoms with Crippen molar-refractivity contribution in [2.24, 2.45) is 17.8 Å². The fourth-order valence-electron chi connectivity index (χ4n) is 5.88. The van der Waals surface area contributed by atoms with Gasteiger partial charge >= 0.3 is 0 Å². The van der Waals surface area contributed by atoms with Gasteiger partial charge in [-0.15, -0.1) is 0 Å². The minimum Gasteiger partial charge on any atom is -0.392 e. The minimum absolute atomic E-state index is 0.169. The quantitative estimate of drug-likeness (QED) is 0.422. The van der Waals surface area contributed by atoms with E-state index in [0.29, 0.717) is 18.3 Å². The van der Waals surface area contributed by atoms with Crippen LogP contribution in [0.4, 0.5) is 0 Å². The van der Waals surface area contributed by atoms with Crippen molar-refractivity contribution in [1.82, 2.24) is 4.90 Å². The fraction of sp³-hybridized carbons (Fsp3) is 0.643. The number of morpholine rings is 1. The zero-order chi connectivity index (χ0) is 22.3. The Hall–Kier alpha value is -1.46. The molecule has 1 aliphatic heterocycles. The van der Waals surface area contributed by atoms with Gasteiger partial charge < -0.3 is 14.9 Å². The summed E-state index contributed by atoms with van der Waals surface area (Å²) < 4.78 is 5.42. The first kappa shape index (κ1) is 23.7. The lowest BCUT2D eigenvalue weighted by Gasteiger charge is -2.26. The molecule has 1 heterocycles. The van der Waals surface area contributed by atoms with Crippen LogP contribution in [0.5, 0.6) is 0 Å². The van der Waals surface area contributed by atoms with Gasteiger partial charge in [0.2, 0.25) is 0 Å². The van der Waals surface area contributed by atoms with Crippen LogP contribution < -0.4 is 0 Å². The Morgan fingerprint density at radius 3 is 2.84 bits per heavy atom. The number of aliphatic hydroxyl groups is 2. The number of aryl methyl sites for hydroxylation is 1. The van der Waals surface area contributed by atoms with Gasteiger partial charge in [0.05, 0.1) is 25.4 Å². The lowest BCUT2D eigenvalue weighted by atomic mass is 9.88. The molecule has 2 N–H and O–H groups in total. The molecular weight excluding hydrogens is 398 g/mol. The summed E-state index contributed by atoms with van der Waals surface area (Å²) in [6, 6.07) is 8.32. The molecule has 4 rings (SSSR count). The summed E-state index contributed by atoms with van der Waals surface area (Å²) >= 11 is 0. The number of fused-ring (bicyclic) bond motifs is 1. The van der Waals surface area contributed by atoms with Gasteiger partial charge in [0.1, 0.15) is 0 Å². The van der Waals surface area contributed by atoms with Crippen molar-refractivity contribution in [3.8, 4) is 0 Å². The van der Waals surface area contributed by atoms with Crippen molar-refractivity contribution >= 4 is 0 Å². The molecule has 1 aromatic rings. The van der Waals surface area contributed by atoms with Crippen molar-refractivity contribution in [3.05, 3.63) is 59.2 Å². The van der Waals surface area contributed by atoms with Gasteiger partial charge in [0.15, 0.2) is 0 Å². The second kappa shape index (κ2) is 11.6. The van der Waals surface area contributed by atoms with Crippen LogP contribution in [-0.2, 0) is 11.2 Å². The van der Waals surface area contributed by atoms with Crippen molar-refractivity contribution in [2.75, 3.05) is 32.8 Å². The van der Waals surface area contributed by atoms with Gasteiger partial charge in [0, 0.05) is 25.4 Å². The number of hydrogen-bond donors (Lipinski definition) is 2. The Labute approximate surface area is 194 Å². The predicted octanol–water partition coefficient (Wildman–Crippen LogP) is 4.29. The van der Waals surface area contributed by atoms with E-state index in [1.54, 1.807) is 5.57 Å². The number of unbranched alkanes of at least 4 members (excludes halogenated alkanes) is 2. The summed E-state index contributed by atoms with van der Waals surface area (Å²) in [5.74, 6) is 1.19. The number of nitrogens with zero attached hydrogens (tertiary/aromatic N) is 1. The van der Waals surface area contributed by atoms with Crippen molar-refractivity contribution in [1.29, 1.82) is 0 Å². The Kier molecular flexibility index (Phi) is 8.59. The molecule has 32 heavy (non-hydrogen) atoms. The lowest BCUT2D eigenvalue weighted by molar-refractivity contribution is 0.0371. The topological polar surface area (TPSA) is 52.9 Å². The monoisotopic (exact) mass is 439 g/mol. The first-order valence-corrected chi connectivity index (χ1v) is 12.7. The van der Waals surface area contributed by atoms with Crippen LogP contribution in [0.1, 0.15) is 49.7 Å². The van der Waals surface area contributed by atoms with Crippen molar-refractivity contribution in [2.45, 2.75) is 64.1 Å². The molecule has 176 valence electrons. The number of allylic oxidation sites excluding steroid dienone is 2. The molecule has 2 fully saturated rings. The van der Waals surface area contributed by atoms with Gasteiger partial charge in [0.25, 0.3) is 0 Å². The van der Waals surface area contributed by atoms with Gasteiger partial charge in [-0.25, -0.2) is 0 Å². The Balaban J connectivity index is 1.19. The number of hydrogen-bond acceptors (Lipinski definition) is 4. The first-order valence-electron chi connectivity index (χ1n) is 12.7. The molecule has 4 heteroatoms. The molecule has 0 bridgehead atoms. The maximum atomic E-state index is 10.6. The Bertz CT molecular complexity index is 783. The van der Waals surface area contributed by atoms with Gasteiger partial charge in [-0.1, -0.05) is 60.1 Å². The van der Waals surface area contributed by atoms with E-state index in [9.17, 15) is 10.2 Å². The highest BCUT2D eigenvalue weighted by atomic mass is 16.5. The summed E-state index contributed by atoms with van der Waals surface area (Å²) in [7, 11) is 0. The maximum absolute atomic E-state index is 10.6. The third-order valence-electron chi connectivity index (χ3n) is 7.61. The van der Waals surface area contributed by atoms with Gasteiger partial charge in [-0.2, -0.15) is 0 Å². The van der Waals surface area contributed by atoms with E-state index in [-0.39, 0.29) is 12.0 Å². The summed E-state index contributed by atoms with van der Waals surface area (Å²) in [5, 5.41) is 21.1. The smallest absolute Gasteiger partial charge is 0.0761 e. The molecule has 0 aromatic heterocycles. The van der Waals surface area contributed by atoms with E-state index < -0.39 is 6.10 Å². The number of benzene rings is 1. The third kappa shape index (κ3) is 6.54. The molecule has 0 unspecified atom stereocenters. The van der Waals surface area contributed by atoms with E-state index in [4.69, 9.17) is 4.74 Å². The van der Waals surface area contributed by atoms with E-state index >= 15 is 0 Å².